The Hall–Kier alpha value is -1.23. The summed E-state index contributed by atoms with van der Waals surface area (Å²) in [6, 6.07) is 0. The highest BCUT2D eigenvalue weighted by Crippen LogP contribution is 2.46. The Morgan fingerprint density at radius 3 is 2.91 bits per heavy atom. The van der Waals surface area contributed by atoms with Crippen LogP contribution < -0.4 is 11.2 Å². The quantitative estimate of drug-likeness (QED) is 0.350. The second-order valence-corrected chi connectivity index (χ2v) is 6.80. The Morgan fingerprint density at radius 1 is 1.57 bits per heavy atom. The fourth-order valence-electron chi connectivity index (χ4n) is 2.06. The topological polar surface area (TPSA) is 140 Å². The molecular weight excluding hydrogens is 399 g/mol. The molecule has 1 fully saturated rings. The molecule has 1 aromatic rings. The van der Waals surface area contributed by atoms with Gasteiger partial charge in [-0.25, -0.2) is 13.9 Å². The number of aromatic amines is 1. The monoisotopic (exact) mass is 412 g/mol. The van der Waals surface area contributed by atoms with Crippen LogP contribution in [0.2, 0.25) is 0 Å². The molecule has 2 unspecified atom stereocenters. The van der Waals surface area contributed by atoms with Gasteiger partial charge in [-0.15, -0.1) is 0 Å². The van der Waals surface area contributed by atoms with Crippen LogP contribution in [-0.2, 0) is 18.3 Å². The number of ether oxygens (including phenoxy) is 1. The van der Waals surface area contributed by atoms with Crippen LogP contribution in [0.15, 0.2) is 33.1 Å². The number of hydrogen-bond acceptors (Lipinski definition) is 7. The van der Waals surface area contributed by atoms with Crippen LogP contribution in [0.1, 0.15) is 19.1 Å². The molecule has 1 aliphatic rings. The maximum absolute atomic E-state index is 11.8. The fourth-order valence-corrected chi connectivity index (χ4v) is 3.02. The van der Waals surface area contributed by atoms with Crippen molar-refractivity contribution in [1.82, 2.24) is 9.55 Å². The van der Waals surface area contributed by atoms with Gasteiger partial charge in [-0.05, 0) is 28.8 Å². The van der Waals surface area contributed by atoms with Crippen molar-refractivity contribution >= 4 is 23.8 Å². The number of aliphatic hydroxyl groups excluding tert-OH is 1. The number of rotatable bonds is 6. The molecule has 128 valence electrons. The van der Waals surface area contributed by atoms with Gasteiger partial charge in [0, 0.05) is 6.20 Å². The number of phosphoric ester groups is 1. The molecule has 1 saturated heterocycles. The van der Waals surface area contributed by atoms with Crippen LogP contribution in [0.25, 0.3) is 0 Å². The SMILES string of the molecule is C=COP(=O)(O)OC(O)[C@@H]1CC[C@H](n2cc(Br)c(=O)[nH]c2=O)O1. The second-order valence-electron chi connectivity index (χ2n) is 4.59. The van der Waals surface area contributed by atoms with E-state index in [9.17, 15) is 24.2 Å². The van der Waals surface area contributed by atoms with Gasteiger partial charge in [0.2, 0.25) is 0 Å². The van der Waals surface area contributed by atoms with Crippen LogP contribution in [0, 0.1) is 0 Å². The lowest BCUT2D eigenvalue weighted by Crippen LogP contribution is -2.34. The number of hydrogen-bond donors (Lipinski definition) is 3. The number of phosphoric acid groups is 1. The number of aliphatic hydroxyl groups is 1. The van der Waals surface area contributed by atoms with Crippen molar-refractivity contribution in [3.8, 4) is 0 Å². The highest BCUT2D eigenvalue weighted by Gasteiger charge is 2.37. The third-order valence-electron chi connectivity index (χ3n) is 3.03. The predicted octanol–water partition coefficient (Wildman–Crippen LogP) is 0.572. The third-order valence-corrected chi connectivity index (χ3v) is 4.49. The molecule has 0 radical (unpaired) electrons. The Bertz CT molecular complexity index is 746. The van der Waals surface area contributed by atoms with Crippen LogP contribution >= 0.6 is 23.8 Å². The maximum atomic E-state index is 11.8. The van der Waals surface area contributed by atoms with Crippen LogP contribution in [0.5, 0.6) is 0 Å². The third kappa shape index (κ3) is 4.40. The van der Waals surface area contributed by atoms with Crippen molar-refractivity contribution in [3.05, 3.63) is 44.3 Å². The molecule has 2 heterocycles. The van der Waals surface area contributed by atoms with Gasteiger partial charge in [0.1, 0.15) is 12.3 Å². The summed E-state index contributed by atoms with van der Waals surface area (Å²) in [5.41, 5.74) is -1.26. The zero-order chi connectivity index (χ0) is 17.2. The Labute approximate surface area is 138 Å². The van der Waals surface area contributed by atoms with Crippen molar-refractivity contribution in [1.29, 1.82) is 0 Å². The van der Waals surface area contributed by atoms with E-state index in [1.165, 1.54) is 6.20 Å². The Balaban J connectivity index is 2.08. The van der Waals surface area contributed by atoms with E-state index in [1.54, 1.807) is 0 Å². The number of aromatic nitrogens is 2. The number of nitrogens with one attached hydrogen (secondary N) is 1. The van der Waals surface area contributed by atoms with E-state index in [4.69, 9.17) is 4.74 Å². The van der Waals surface area contributed by atoms with Crippen LogP contribution in [-0.4, -0.2) is 31.9 Å². The standard InChI is InChI=1S/C11H14BrN2O8P/c1-2-20-23(18,19)22-10(16)7-3-4-8(21-7)14-5-6(12)9(15)13-11(14)17/h2,5,7-8,10,16H,1,3-4H2,(H,18,19)(H,13,15,17)/t7-,8+,10?/m0/s1. The molecule has 12 heteroatoms. The molecule has 0 aliphatic carbocycles. The van der Waals surface area contributed by atoms with Gasteiger partial charge in [-0.2, -0.15) is 0 Å². The lowest BCUT2D eigenvalue weighted by atomic mass is 10.2. The summed E-state index contributed by atoms with van der Waals surface area (Å²) < 4.78 is 26.9. The molecule has 0 spiro atoms. The van der Waals surface area contributed by atoms with E-state index in [0.717, 1.165) is 4.57 Å². The highest BCUT2D eigenvalue weighted by molar-refractivity contribution is 9.10. The minimum atomic E-state index is -4.49. The predicted molar refractivity (Wildman–Crippen MR) is 80.4 cm³/mol. The second kappa shape index (κ2) is 7.12. The van der Waals surface area contributed by atoms with E-state index in [0.29, 0.717) is 12.7 Å². The number of H-pyrrole nitrogens is 1. The van der Waals surface area contributed by atoms with E-state index >= 15 is 0 Å². The molecule has 0 aromatic carbocycles. The average molecular weight is 413 g/mol. The normalized spacial score (nSPS) is 24.8. The van der Waals surface area contributed by atoms with Gasteiger partial charge < -0.3 is 14.4 Å². The lowest BCUT2D eigenvalue weighted by molar-refractivity contribution is -0.144. The van der Waals surface area contributed by atoms with Crippen molar-refractivity contribution < 1.29 is 28.3 Å². The van der Waals surface area contributed by atoms with Crippen molar-refractivity contribution in [3.63, 3.8) is 0 Å². The van der Waals surface area contributed by atoms with E-state index in [1.807, 2.05) is 0 Å². The fraction of sp³-hybridized carbons (Fsp3) is 0.455. The largest absolute Gasteiger partial charge is 0.529 e. The van der Waals surface area contributed by atoms with Crippen molar-refractivity contribution in [2.24, 2.45) is 0 Å². The maximum Gasteiger partial charge on any atom is 0.529 e. The first kappa shape index (κ1) is 18.1. The lowest BCUT2D eigenvalue weighted by Gasteiger charge is -2.21. The Kier molecular flexibility index (Phi) is 5.61. The highest BCUT2D eigenvalue weighted by atomic mass is 79.9. The summed E-state index contributed by atoms with van der Waals surface area (Å²) in [6.07, 6.45) is -0.908. The average Bonchev–Trinajstić information content (AvgIpc) is 2.91. The van der Waals surface area contributed by atoms with Gasteiger partial charge in [-0.3, -0.25) is 19.2 Å². The molecule has 4 atom stereocenters. The van der Waals surface area contributed by atoms with Crippen molar-refractivity contribution in [2.45, 2.75) is 31.5 Å². The summed E-state index contributed by atoms with van der Waals surface area (Å²) in [7, 11) is -4.49. The molecule has 1 aliphatic heterocycles. The molecule has 23 heavy (non-hydrogen) atoms. The molecule has 0 saturated carbocycles. The summed E-state index contributed by atoms with van der Waals surface area (Å²) in [5.74, 6) is 0. The van der Waals surface area contributed by atoms with Gasteiger partial charge >= 0.3 is 13.5 Å². The minimum Gasteiger partial charge on any atom is -0.413 e. The Morgan fingerprint density at radius 2 is 2.26 bits per heavy atom. The molecule has 3 N–H and O–H groups in total. The van der Waals surface area contributed by atoms with E-state index in [-0.39, 0.29) is 10.9 Å². The summed E-state index contributed by atoms with van der Waals surface area (Å²) in [6.45, 7) is 3.11. The first-order valence-corrected chi connectivity index (χ1v) is 8.67. The first-order chi connectivity index (χ1) is 10.7. The van der Waals surface area contributed by atoms with Gasteiger partial charge in [0.05, 0.1) is 10.7 Å². The van der Waals surface area contributed by atoms with E-state index < -0.39 is 37.7 Å². The van der Waals surface area contributed by atoms with Gasteiger partial charge in [-0.1, -0.05) is 6.58 Å². The molecule has 0 bridgehead atoms. The van der Waals surface area contributed by atoms with E-state index in [2.05, 4.69) is 36.5 Å². The van der Waals surface area contributed by atoms with Gasteiger partial charge in [0.25, 0.3) is 5.56 Å². The van der Waals surface area contributed by atoms with Crippen LogP contribution in [0.4, 0.5) is 0 Å². The van der Waals surface area contributed by atoms with Crippen LogP contribution in [0.3, 0.4) is 0 Å². The first-order valence-electron chi connectivity index (χ1n) is 6.38. The molecule has 1 aromatic heterocycles. The summed E-state index contributed by atoms with van der Waals surface area (Å²) in [4.78, 5) is 34.4. The smallest absolute Gasteiger partial charge is 0.413 e. The van der Waals surface area contributed by atoms with Crippen molar-refractivity contribution in [2.75, 3.05) is 0 Å². The number of nitrogens with zero attached hydrogens (tertiary/aromatic N) is 1. The molecular formula is C11H14BrN2O8P. The molecule has 2 rings (SSSR count). The zero-order valence-electron chi connectivity index (χ0n) is 11.6. The molecule has 10 nitrogen and oxygen atoms in total. The molecule has 0 amide bonds. The summed E-state index contributed by atoms with van der Waals surface area (Å²) >= 11 is 3.00. The number of halogens is 1. The minimum absolute atomic E-state index is 0.139. The van der Waals surface area contributed by atoms with Gasteiger partial charge in [0.15, 0.2) is 6.29 Å². The zero-order valence-corrected chi connectivity index (χ0v) is 14.1. The summed E-state index contributed by atoms with van der Waals surface area (Å²) in [5, 5.41) is 9.80.